The molecule has 1 amide bonds. The summed E-state index contributed by atoms with van der Waals surface area (Å²) in [7, 11) is -3.85. The lowest BCUT2D eigenvalue weighted by molar-refractivity contribution is 0.0939. The molecule has 0 aliphatic heterocycles. The first-order valence-corrected chi connectivity index (χ1v) is 12.2. The Morgan fingerprint density at radius 3 is 2.16 bits per heavy atom. The summed E-state index contributed by atoms with van der Waals surface area (Å²) < 4.78 is 28.7. The predicted octanol–water partition coefficient (Wildman–Crippen LogP) is 5.47. The van der Waals surface area contributed by atoms with Gasteiger partial charge in [0.1, 0.15) is 0 Å². The Morgan fingerprint density at radius 1 is 0.875 bits per heavy atom. The molecular formula is C26H30N2O3S. The lowest BCUT2D eigenvalue weighted by Gasteiger charge is -2.16. The summed E-state index contributed by atoms with van der Waals surface area (Å²) in [5.74, 6) is -0.320. The van der Waals surface area contributed by atoms with Gasteiger partial charge >= 0.3 is 0 Å². The third-order valence-corrected chi connectivity index (χ3v) is 7.26. The summed E-state index contributed by atoms with van der Waals surface area (Å²) in [4.78, 5) is 12.9. The molecule has 0 saturated carbocycles. The van der Waals surface area contributed by atoms with E-state index in [0.717, 1.165) is 23.1 Å². The van der Waals surface area contributed by atoms with Gasteiger partial charge in [0.25, 0.3) is 15.9 Å². The number of sulfonamides is 1. The maximum atomic E-state index is 13.1. The number of benzene rings is 3. The zero-order chi connectivity index (χ0) is 23.5. The summed E-state index contributed by atoms with van der Waals surface area (Å²) in [5, 5.41) is 2.96. The Labute approximate surface area is 190 Å². The molecule has 3 aromatic carbocycles. The van der Waals surface area contributed by atoms with Crippen LogP contribution in [0.4, 0.5) is 5.69 Å². The second-order valence-electron chi connectivity index (χ2n) is 8.18. The van der Waals surface area contributed by atoms with Crippen LogP contribution >= 0.6 is 0 Å². The maximum Gasteiger partial charge on any atom is 0.262 e. The molecule has 0 bridgehead atoms. The van der Waals surface area contributed by atoms with Gasteiger partial charge in [-0.15, -0.1) is 0 Å². The van der Waals surface area contributed by atoms with Crippen molar-refractivity contribution in [3.05, 3.63) is 94.0 Å². The quantitative estimate of drug-likeness (QED) is 0.501. The summed E-state index contributed by atoms with van der Waals surface area (Å²) in [6, 6.07) is 18.0. The number of carbonyl (C=O) groups is 1. The van der Waals surface area contributed by atoms with E-state index in [0.29, 0.717) is 16.8 Å². The van der Waals surface area contributed by atoms with Crippen LogP contribution in [0.15, 0.2) is 65.6 Å². The smallest absolute Gasteiger partial charge is 0.262 e. The molecule has 3 rings (SSSR count). The zero-order valence-corrected chi connectivity index (χ0v) is 20.0. The van der Waals surface area contributed by atoms with E-state index in [2.05, 4.69) is 17.0 Å². The molecule has 3 aromatic rings. The molecule has 0 fully saturated rings. The third-order valence-electron chi connectivity index (χ3n) is 5.73. The van der Waals surface area contributed by atoms with Gasteiger partial charge in [0, 0.05) is 11.3 Å². The minimum absolute atomic E-state index is 0.0864. The number of amides is 1. The van der Waals surface area contributed by atoms with Crippen LogP contribution in [0.5, 0.6) is 0 Å². The fraction of sp³-hybridized carbons (Fsp3) is 0.269. The van der Waals surface area contributed by atoms with Gasteiger partial charge in [-0.1, -0.05) is 43.3 Å². The minimum atomic E-state index is -3.85. The van der Waals surface area contributed by atoms with E-state index < -0.39 is 10.0 Å². The highest BCUT2D eigenvalue weighted by molar-refractivity contribution is 7.92. The number of nitrogens with one attached hydrogen (secondary N) is 2. The van der Waals surface area contributed by atoms with Crippen molar-refractivity contribution in [2.75, 3.05) is 4.72 Å². The molecule has 0 heterocycles. The van der Waals surface area contributed by atoms with Gasteiger partial charge in [0.2, 0.25) is 0 Å². The minimum Gasteiger partial charge on any atom is -0.346 e. The topological polar surface area (TPSA) is 75.3 Å². The van der Waals surface area contributed by atoms with E-state index in [1.165, 1.54) is 11.6 Å². The van der Waals surface area contributed by atoms with Crippen molar-refractivity contribution >= 4 is 21.6 Å². The van der Waals surface area contributed by atoms with Gasteiger partial charge in [-0.05, 0) is 86.2 Å². The van der Waals surface area contributed by atoms with E-state index in [1.807, 2.05) is 51.1 Å². The van der Waals surface area contributed by atoms with Gasteiger partial charge in [-0.3, -0.25) is 9.52 Å². The normalized spacial score (nSPS) is 12.3. The highest BCUT2D eigenvalue weighted by atomic mass is 32.2. The first-order chi connectivity index (χ1) is 15.1. The van der Waals surface area contributed by atoms with Gasteiger partial charge < -0.3 is 5.32 Å². The third kappa shape index (κ3) is 5.37. The fourth-order valence-electron chi connectivity index (χ4n) is 3.45. The standard InChI is InChI=1S/C26H30N2O3S/c1-6-21-9-12-22(13-10-21)20(5)27-26(29)23-11-7-18(3)25(16-23)32(30,31)28-24-14-8-17(2)19(4)15-24/h7-16,20,28H,6H2,1-5H3,(H,27,29)/t20-/m0/s1. The van der Waals surface area contributed by atoms with Crippen molar-refractivity contribution in [3.8, 4) is 0 Å². The maximum absolute atomic E-state index is 13.1. The Bertz CT molecular complexity index is 1230. The Morgan fingerprint density at radius 2 is 1.53 bits per heavy atom. The number of hydrogen-bond donors (Lipinski definition) is 2. The second-order valence-corrected chi connectivity index (χ2v) is 9.83. The Balaban J connectivity index is 1.81. The molecule has 0 aliphatic carbocycles. The SMILES string of the molecule is CCc1ccc([C@H](C)NC(=O)c2ccc(C)c(S(=O)(=O)Nc3ccc(C)c(C)c3)c2)cc1. The number of aryl methyl sites for hydroxylation is 4. The molecular weight excluding hydrogens is 420 g/mol. The van der Waals surface area contributed by atoms with Crippen molar-refractivity contribution in [2.45, 2.75) is 52.0 Å². The first kappa shape index (κ1) is 23.5. The molecule has 5 nitrogen and oxygen atoms in total. The number of carbonyl (C=O) groups excluding carboxylic acids is 1. The Hall–Kier alpha value is -3.12. The molecule has 2 N–H and O–H groups in total. The Kier molecular flexibility index (Phi) is 7.04. The summed E-state index contributed by atoms with van der Waals surface area (Å²) >= 11 is 0. The van der Waals surface area contributed by atoms with E-state index >= 15 is 0 Å². The van der Waals surface area contributed by atoms with Crippen LogP contribution in [0.1, 0.15) is 58.1 Å². The molecule has 1 atom stereocenters. The summed E-state index contributed by atoms with van der Waals surface area (Å²) in [6.07, 6.45) is 0.956. The van der Waals surface area contributed by atoms with E-state index in [-0.39, 0.29) is 16.8 Å². The van der Waals surface area contributed by atoms with Crippen LogP contribution < -0.4 is 10.0 Å². The molecule has 6 heteroatoms. The molecule has 0 aromatic heterocycles. The van der Waals surface area contributed by atoms with Crippen molar-refractivity contribution in [3.63, 3.8) is 0 Å². The molecule has 0 radical (unpaired) electrons. The second kappa shape index (κ2) is 9.57. The van der Waals surface area contributed by atoms with Crippen LogP contribution in [0.3, 0.4) is 0 Å². The number of rotatable bonds is 7. The average Bonchev–Trinajstić information content (AvgIpc) is 2.76. The number of hydrogen-bond acceptors (Lipinski definition) is 3. The van der Waals surface area contributed by atoms with E-state index in [1.54, 1.807) is 31.2 Å². The average molecular weight is 451 g/mol. The molecule has 168 valence electrons. The van der Waals surface area contributed by atoms with Crippen LogP contribution in [-0.4, -0.2) is 14.3 Å². The largest absolute Gasteiger partial charge is 0.346 e. The molecule has 0 spiro atoms. The van der Waals surface area contributed by atoms with Crippen LogP contribution in [0, 0.1) is 20.8 Å². The van der Waals surface area contributed by atoms with Gasteiger partial charge in [0.05, 0.1) is 10.9 Å². The lowest BCUT2D eigenvalue weighted by Crippen LogP contribution is -2.27. The van der Waals surface area contributed by atoms with Crippen LogP contribution in [-0.2, 0) is 16.4 Å². The van der Waals surface area contributed by atoms with Crippen molar-refractivity contribution in [1.29, 1.82) is 0 Å². The monoisotopic (exact) mass is 450 g/mol. The van der Waals surface area contributed by atoms with Crippen LogP contribution in [0.25, 0.3) is 0 Å². The first-order valence-electron chi connectivity index (χ1n) is 10.7. The van der Waals surface area contributed by atoms with Crippen molar-refractivity contribution < 1.29 is 13.2 Å². The van der Waals surface area contributed by atoms with Gasteiger partial charge in [0.15, 0.2) is 0 Å². The highest BCUT2D eigenvalue weighted by Crippen LogP contribution is 2.23. The predicted molar refractivity (Wildman–Crippen MR) is 130 cm³/mol. The lowest BCUT2D eigenvalue weighted by atomic mass is 10.0. The molecule has 0 aliphatic rings. The molecule has 0 saturated heterocycles. The van der Waals surface area contributed by atoms with Gasteiger partial charge in [-0.2, -0.15) is 0 Å². The highest BCUT2D eigenvalue weighted by Gasteiger charge is 2.20. The van der Waals surface area contributed by atoms with Crippen LogP contribution in [0.2, 0.25) is 0 Å². The van der Waals surface area contributed by atoms with E-state index in [4.69, 9.17) is 0 Å². The van der Waals surface area contributed by atoms with Crippen molar-refractivity contribution in [2.24, 2.45) is 0 Å². The van der Waals surface area contributed by atoms with Gasteiger partial charge in [-0.25, -0.2) is 8.42 Å². The molecule has 32 heavy (non-hydrogen) atoms. The van der Waals surface area contributed by atoms with Crippen molar-refractivity contribution in [1.82, 2.24) is 5.32 Å². The van der Waals surface area contributed by atoms with E-state index in [9.17, 15) is 13.2 Å². The number of anilines is 1. The zero-order valence-electron chi connectivity index (χ0n) is 19.2. The molecule has 0 unspecified atom stereocenters. The summed E-state index contributed by atoms with van der Waals surface area (Å²) in [5.41, 5.74) is 5.67. The fourth-order valence-corrected chi connectivity index (χ4v) is 4.77. The summed E-state index contributed by atoms with van der Waals surface area (Å²) in [6.45, 7) is 9.62.